The first-order valence-electron chi connectivity index (χ1n) is 12.2. The van der Waals surface area contributed by atoms with Gasteiger partial charge in [0.15, 0.2) is 0 Å². The molecular formula is C26H45N. The highest BCUT2D eigenvalue weighted by atomic mass is 14.9. The monoisotopic (exact) mass is 371 g/mol. The van der Waals surface area contributed by atoms with E-state index in [9.17, 15) is 0 Å². The van der Waals surface area contributed by atoms with Crippen LogP contribution in [0.5, 0.6) is 0 Å². The third kappa shape index (κ3) is 3.10. The first-order valence-corrected chi connectivity index (χ1v) is 12.2. The summed E-state index contributed by atoms with van der Waals surface area (Å²) in [4.78, 5) is 0. The van der Waals surface area contributed by atoms with Gasteiger partial charge >= 0.3 is 0 Å². The second-order valence-corrected chi connectivity index (χ2v) is 11.7. The van der Waals surface area contributed by atoms with Crippen molar-refractivity contribution in [1.82, 2.24) is 5.32 Å². The maximum atomic E-state index is 4.44. The summed E-state index contributed by atoms with van der Waals surface area (Å²) in [5.41, 5.74) is 2.52. The van der Waals surface area contributed by atoms with Gasteiger partial charge in [-0.3, -0.25) is 0 Å². The summed E-state index contributed by atoms with van der Waals surface area (Å²) in [6.45, 7) is 16.8. The highest BCUT2D eigenvalue weighted by molar-refractivity contribution is 5.12. The molecule has 4 fully saturated rings. The fourth-order valence-corrected chi connectivity index (χ4v) is 8.90. The van der Waals surface area contributed by atoms with E-state index in [1.165, 1.54) is 69.9 Å². The smallest absolute Gasteiger partial charge is 0.0201 e. The van der Waals surface area contributed by atoms with Gasteiger partial charge in [0, 0.05) is 11.7 Å². The number of allylic oxidation sites excluding steroid dienone is 1. The molecule has 0 saturated heterocycles. The van der Waals surface area contributed by atoms with E-state index in [2.05, 4.69) is 46.5 Å². The Kier molecular flexibility index (Phi) is 5.22. The van der Waals surface area contributed by atoms with Crippen LogP contribution in [0.2, 0.25) is 0 Å². The molecule has 4 saturated carbocycles. The van der Waals surface area contributed by atoms with Gasteiger partial charge in [-0.1, -0.05) is 40.2 Å². The SMILES string of the molecule is C=C(NC(C)C)C(C)[C@H]1CCC2C3CCC4CCCC[C@]4(C)C3CC[C@@]21C. The van der Waals surface area contributed by atoms with E-state index in [1.54, 1.807) is 0 Å². The molecule has 1 nitrogen and oxygen atoms in total. The van der Waals surface area contributed by atoms with E-state index in [0.717, 1.165) is 29.6 Å². The predicted molar refractivity (Wildman–Crippen MR) is 116 cm³/mol. The Labute approximate surface area is 169 Å². The molecule has 154 valence electrons. The lowest BCUT2D eigenvalue weighted by molar-refractivity contribution is -0.113. The van der Waals surface area contributed by atoms with E-state index >= 15 is 0 Å². The zero-order valence-electron chi connectivity index (χ0n) is 18.8. The maximum Gasteiger partial charge on any atom is 0.0201 e. The molecule has 27 heavy (non-hydrogen) atoms. The van der Waals surface area contributed by atoms with Crippen molar-refractivity contribution in [2.24, 2.45) is 46.3 Å². The second kappa shape index (κ2) is 7.10. The third-order valence-electron chi connectivity index (χ3n) is 10.3. The molecule has 1 heteroatoms. The van der Waals surface area contributed by atoms with Gasteiger partial charge in [0.1, 0.15) is 0 Å². The normalized spacial score (nSPS) is 47.7. The van der Waals surface area contributed by atoms with Crippen LogP contribution in [0.25, 0.3) is 0 Å². The van der Waals surface area contributed by atoms with Crippen molar-refractivity contribution in [3.05, 3.63) is 12.3 Å². The zero-order valence-corrected chi connectivity index (χ0v) is 18.8. The van der Waals surface area contributed by atoms with Gasteiger partial charge < -0.3 is 5.32 Å². The minimum Gasteiger partial charge on any atom is -0.386 e. The molecule has 0 bridgehead atoms. The Morgan fingerprint density at radius 3 is 2.33 bits per heavy atom. The fraction of sp³-hybridized carbons (Fsp3) is 0.923. The first kappa shape index (κ1) is 19.8. The minimum atomic E-state index is 0.502. The van der Waals surface area contributed by atoms with Gasteiger partial charge in [-0.05, 0) is 112 Å². The van der Waals surface area contributed by atoms with Gasteiger partial charge in [-0.15, -0.1) is 0 Å². The van der Waals surface area contributed by atoms with Crippen molar-refractivity contribution in [3.8, 4) is 0 Å². The standard InChI is InChI=1S/C26H45N/c1-17(2)27-19(4)18(3)22-12-13-23-21-11-10-20-9-7-8-15-25(20,5)24(21)14-16-26(22,23)6/h17-18,20-24,27H,4,7-16H2,1-3,5-6H3/t18?,20?,21?,22-,23?,24?,25+,26-/m1/s1. The summed E-state index contributed by atoms with van der Waals surface area (Å²) in [5, 5.41) is 3.64. The van der Waals surface area contributed by atoms with Crippen molar-refractivity contribution in [1.29, 1.82) is 0 Å². The molecular weight excluding hydrogens is 326 g/mol. The number of hydrogen-bond donors (Lipinski definition) is 1. The van der Waals surface area contributed by atoms with Crippen molar-refractivity contribution in [2.45, 2.75) is 105 Å². The number of nitrogens with one attached hydrogen (secondary N) is 1. The topological polar surface area (TPSA) is 12.0 Å². The quantitative estimate of drug-likeness (QED) is 0.551. The number of fused-ring (bicyclic) bond motifs is 5. The van der Waals surface area contributed by atoms with Crippen molar-refractivity contribution >= 4 is 0 Å². The number of hydrogen-bond acceptors (Lipinski definition) is 1. The van der Waals surface area contributed by atoms with E-state index in [-0.39, 0.29) is 0 Å². The molecule has 0 heterocycles. The Balaban J connectivity index is 1.54. The molecule has 1 N–H and O–H groups in total. The largest absolute Gasteiger partial charge is 0.386 e. The minimum absolute atomic E-state index is 0.502. The lowest BCUT2D eigenvalue weighted by Gasteiger charge is -2.61. The molecule has 0 amide bonds. The van der Waals surface area contributed by atoms with Crippen molar-refractivity contribution in [2.75, 3.05) is 0 Å². The average Bonchev–Trinajstić information content (AvgIpc) is 2.97. The summed E-state index contributed by atoms with van der Waals surface area (Å²) >= 11 is 0. The Morgan fingerprint density at radius 2 is 1.59 bits per heavy atom. The second-order valence-electron chi connectivity index (χ2n) is 11.7. The highest BCUT2D eigenvalue weighted by Gasteiger charge is 2.60. The summed E-state index contributed by atoms with van der Waals surface area (Å²) in [7, 11) is 0. The molecule has 0 aliphatic heterocycles. The van der Waals surface area contributed by atoms with Crippen LogP contribution in [-0.4, -0.2) is 6.04 Å². The van der Waals surface area contributed by atoms with Crippen molar-refractivity contribution in [3.63, 3.8) is 0 Å². The Morgan fingerprint density at radius 1 is 0.852 bits per heavy atom. The highest BCUT2D eigenvalue weighted by Crippen LogP contribution is 2.68. The molecule has 0 aromatic carbocycles. The third-order valence-corrected chi connectivity index (χ3v) is 10.3. The van der Waals surface area contributed by atoms with E-state index < -0.39 is 0 Å². The first-order chi connectivity index (χ1) is 12.8. The molecule has 4 rings (SSSR count). The fourth-order valence-electron chi connectivity index (χ4n) is 8.90. The van der Waals surface area contributed by atoms with Crippen LogP contribution in [-0.2, 0) is 0 Å². The Bertz CT molecular complexity index is 565. The lowest BCUT2D eigenvalue weighted by atomic mass is 9.44. The lowest BCUT2D eigenvalue weighted by Crippen LogP contribution is -2.53. The van der Waals surface area contributed by atoms with Crippen LogP contribution in [0.4, 0.5) is 0 Å². The average molecular weight is 372 g/mol. The zero-order chi connectivity index (χ0) is 19.4. The van der Waals surface area contributed by atoms with Crippen LogP contribution in [0.15, 0.2) is 12.3 Å². The summed E-state index contributed by atoms with van der Waals surface area (Å²) in [5.74, 6) is 5.52. The van der Waals surface area contributed by atoms with Crippen LogP contribution < -0.4 is 5.32 Å². The summed E-state index contributed by atoms with van der Waals surface area (Å²) in [6.07, 6.45) is 15.0. The Hall–Kier alpha value is -0.460. The van der Waals surface area contributed by atoms with Gasteiger partial charge in [-0.2, -0.15) is 0 Å². The maximum absolute atomic E-state index is 4.44. The molecule has 0 spiro atoms. The molecule has 0 radical (unpaired) electrons. The van der Waals surface area contributed by atoms with Crippen LogP contribution in [0, 0.1) is 46.3 Å². The predicted octanol–water partition coefficient (Wildman–Crippen LogP) is 7.18. The molecule has 4 aliphatic carbocycles. The van der Waals surface area contributed by atoms with Gasteiger partial charge in [0.2, 0.25) is 0 Å². The summed E-state index contributed by atoms with van der Waals surface area (Å²) in [6, 6.07) is 0.502. The van der Waals surface area contributed by atoms with Gasteiger partial charge in [-0.25, -0.2) is 0 Å². The molecule has 8 atom stereocenters. The number of rotatable bonds is 4. The summed E-state index contributed by atoms with van der Waals surface area (Å²) < 4.78 is 0. The van der Waals surface area contributed by atoms with Crippen molar-refractivity contribution < 1.29 is 0 Å². The van der Waals surface area contributed by atoms with Crippen LogP contribution >= 0.6 is 0 Å². The van der Waals surface area contributed by atoms with E-state index in [1.807, 2.05) is 0 Å². The van der Waals surface area contributed by atoms with Crippen LogP contribution in [0.1, 0.15) is 98.8 Å². The van der Waals surface area contributed by atoms with Gasteiger partial charge in [0.05, 0.1) is 0 Å². The molecule has 4 aliphatic rings. The molecule has 0 aromatic heterocycles. The molecule has 5 unspecified atom stereocenters. The van der Waals surface area contributed by atoms with Gasteiger partial charge in [0.25, 0.3) is 0 Å². The van der Waals surface area contributed by atoms with E-state index in [0.29, 0.717) is 22.8 Å². The van der Waals surface area contributed by atoms with Crippen LogP contribution in [0.3, 0.4) is 0 Å². The van der Waals surface area contributed by atoms with E-state index in [4.69, 9.17) is 0 Å². The molecule has 0 aromatic rings.